The van der Waals surface area contributed by atoms with Crippen molar-refractivity contribution >= 4 is 5.69 Å². The van der Waals surface area contributed by atoms with E-state index in [0.29, 0.717) is 18.8 Å². The predicted molar refractivity (Wildman–Crippen MR) is 49.7 cm³/mol. The summed E-state index contributed by atoms with van der Waals surface area (Å²) in [6.07, 6.45) is -4.64. The van der Waals surface area contributed by atoms with Crippen molar-refractivity contribution < 1.29 is 18.3 Å². The van der Waals surface area contributed by atoms with Gasteiger partial charge in [-0.2, -0.15) is 13.2 Å². The summed E-state index contributed by atoms with van der Waals surface area (Å²) in [4.78, 5) is 1.82. The molecule has 0 atom stereocenters. The molecule has 0 unspecified atom stereocenters. The Balaban J connectivity index is 2.11. The van der Waals surface area contributed by atoms with Crippen LogP contribution in [0.25, 0.3) is 0 Å². The van der Waals surface area contributed by atoms with Gasteiger partial charge in [0, 0.05) is 18.8 Å². The van der Waals surface area contributed by atoms with E-state index < -0.39 is 11.7 Å². The van der Waals surface area contributed by atoms with Gasteiger partial charge in [0.25, 0.3) is 0 Å². The summed E-state index contributed by atoms with van der Waals surface area (Å²) >= 11 is 0. The molecule has 0 aromatic heterocycles. The number of halogens is 3. The van der Waals surface area contributed by atoms with E-state index in [4.69, 9.17) is 5.11 Å². The zero-order valence-electron chi connectivity index (χ0n) is 7.83. The van der Waals surface area contributed by atoms with Crippen molar-refractivity contribution in [3.63, 3.8) is 0 Å². The number of alkyl halides is 3. The minimum atomic E-state index is -4.28. The summed E-state index contributed by atoms with van der Waals surface area (Å²) in [7, 11) is 0. The van der Waals surface area contributed by atoms with Crippen LogP contribution in [-0.4, -0.2) is 24.3 Å². The SMILES string of the molecule is OC1CN(c2ccc(C(F)(F)F)cc2)C1. The molecule has 0 spiro atoms. The molecule has 82 valence electrons. The lowest BCUT2D eigenvalue weighted by molar-refractivity contribution is -0.137. The molecular weight excluding hydrogens is 207 g/mol. The molecule has 1 saturated heterocycles. The van der Waals surface area contributed by atoms with Gasteiger partial charge in [0.1, 0.15) is 0 Å². The highest BCUT2D eigenvalue weighted by Gasteiger charge is 2.31. The van der Waals surface area contributed by atoms with E-state index in [1.165, 1.54) is 12.1 Å². The highest BCUT2D eigenvalue weighted by molar-refractivity contribution is 5.50. The molecule has 1 N–H and O–H groups in total. The minimum Gasteiger partial charge on any atom is -0.389 e. The van der Waals surface area contributed by atoms with Crippen LogP contribution in [0, 0.1) is 0 Å². The Kier molecular flexibility index (Phi) is 2.34. The highest BCUT2D eigenvalue weighted by Crippen LogP contribution is 2.31. The van der Waals surface area contributed by atoms with Crippen molar-refractivity contribution in [2.45, 2.75) is 12.3 Å². The largest absolute Gasteiger partial charge is 0.416 e. The quantitative estimate of drug-likeness (QED) is 0.776. The van der Waals surface area contributed by atoms with Crippen LogP contribution in [0.5, 0.6) is 0 Å². The molecule has 0 amide bonds. The molecule has 1 aromatic rings. The average Bonchev–Trinajstić information content (AvgIpc) is 2.12. The minimum absolute atomic E-state index is 0.354. The van der Waals surface area contributed by atoms with Crippen LogP contribution in [0.2, 0.25) is 0 Å². The molecule has 1 aliphatic rings. The summed E-state index contributed by atoms with van der Waals surface area (Å²) in [5.41, 5.74) is 0.0700. The zero-order valence-corrected chi connectivity index (χ0v) is 7.83. The van der Waals surface area contributed by atoms with E-state index in [-0.39, 0.29) is 6.10 Å². The Bertz CT molecular complexity index is 341. The standard InChI is InChI=1S/C10H10F3NO/c11-10(12,13)7-1-3-8(4-2-7)14-5-9(15)6-14/h1-4,9,15H,5-6H2. The maximum absolute atomic E-state index is 12.2. The van der Waals surface area contributed by atoms with E-state index in [0.717, 1.165) is 12.1 Å². The number of benzene rings is 1. The Labute approximate surface area is 84.9 Å². The molecule has 1 aromatic carbocycles. The van der Waals surface area contributed by atoms with E-state index in [1.54, 1.807) is 0 Å². The number of hydrogen-bond donors (Lipinski definition) is 1. The van der Waals surface area contributed by atoms with Gasteiger partial charge in [-0.05, 0) is 24.3 Å². The van der Waals surface area contributed by atoms with Gasteiger partial charge < -0.3 is 10.0 Å². The summed E-state index contributed by atoms with van der Waals surface area (Å²) in [5.74, 6) is 0. The van der Waals surface area contributed by atoms with E-state index in [1.807, 2.05) is 4.90 Å². The highest BCUT2D eigenvalue weighted by atomic mass is 19.4. The predicted octanol–water partition coefficient (Wildman–Crippen LogP) is 1.89. The number of aliphatic hydroxyl groups is 1. The van der Waals surface area contributed by atoms with Crippen molar-refractivity contribution in [3.05, 3.63) is 29.8 Å². The summed E-state index contributed by atoms with van der Waals surface area (Å²) < 4.78 is 36.7. The Morgan fingerprint density at radius 2 is 1.67 bits per heavy atom. The first kappa shape index (κ1) is 10.3. The van der Waals surface area contributed by atoms with Crippen molar-refractivity contribution in [2.75, 3.05) is 18.0 Å². The average molecular weight is 217 g/mol. The van der Waals surface area contributed by atoms with Crippen molar-refractivity contribution in [1.29, 1.82) is 0 Å². The third kappa shape index (κ3) is 2.07. The molecule has 1 heterocycles. The second-order valence-corrected chi connectivity index (χ2v) is 3.60. The Morgan fingerprint density at radius 3 is 2.07 bits per heavy atom. The first-order valence-corrected chi connectivity index (χ1v) is 4.57. The van der Waals surface area contributed by atoms with E-state index in [2.05, 4.69) is 0 Å². The lowest BCUT2D eigenvalue weighted by Crippen LogP contribution is -2.50. The number of β-amino-alcohol motifs (C(OH)–C–C–N with tert-alkyl or cyclic N) is 1. The van der Waals surface area contributed by atoms with Gasteiger partial charge >= 0.3 is 6.18 Å². The van der Waals surface area contributed by atoms with Crippen LogP contribution in [0.1, 0.15) is 5.56 Å². The molecule has 1 fully saturated rings. The Hall–Kier alpha value is -1.23. The van der Waals surface area contributed by atoms with Crippen LogP contribution in [0.3, 0.4) is 0 Å². The molecule has 2 nitrogen and oxygen atoms in total. The number of aliphatic hydroxyl groups excluding tert-OH is 1. The zero-order chi connectivity index (χ0) is 11.1. The van der Waals surface area contributed by atoms with Gasteiger partial charge in [0.15, 0.2) is 0 Å². The number of nitrogens with zero attached hydrogens (tertiary/aromatic N) is 1. The van der Waals surface area contributed by atoms with Gasteiger partial charge in [-0.3, -0.25) is 0 Å². The van der Waals surface area contributed by atoms with Crippen LogP contribution >= 0.6 is 0 Å². The fourth-order valence-electron chi connectivity index (χ4n) is 1.53. The van der Waals surface area contributed by atoms with Crippen LogP contribution in [0.15, 0.2) is 24.3 Å². The van der Waals surface area contributed by atoms with E-state index in [9.17, 15) is 13.2 Å². The monoisotopic (exact) mass is 217 g/mol. The molecule has 0 aliphatic carbocycles. The van der Waals surface area contributed by atoms with Gasteiger partial charge in [0.05, 0.1) is 11.7 Å². The maximum Gasteiger partial charge on any atom is 0.416 e. The molecule has 0 bridgehead atoms. The summed E-state index contributed by atoms with van der Waals surface area (Å²) in [6, 6.07) is 4.96. The van der Waals surface area contributed by atoms with Crippen LogP contribution < -0.4 is 4.90 Å². The molecule has 15 heavy (non-hydrogen) atoms. The lowest BCUT2D eigenvalue weighted by atomic mass is 10.1. The topological polar surface area (TPSA) is 23.5 Å². The van der Waals surface area contributed by atoms with Crippen molar-refractivity contribution in [1.82, 2.24) is 0 Å². The molecule has 2 rings (SSSR count). The molecule has 1 aliphatic heterocycles. The van der Waals surface area contributed by atoms with Crippen LogP contribution in [-0.2, 0) is 6.18 Å². The second kappa shape index (κ2) is 3.41. The van der Waals surface area contributed by atoms with Crippen LogP contribution in [0.4, 0.5) is 18.9 Å². The number of hydrogen-bond acceptors (Lipinski definition) is 2. The van der Waals surface area contributed by atoms with Crippen molar-refractivity contribution in [2.24, 2.45) is 0 Å². The van der Waals surface area contributed by atoms with Gasteiger partial charge in [0.2, 0.25) is 0 Å². The summed E-state index contributed by atoms with van der Waals surface area (Å²) in [6.45, 7) is 0.983. The normalized spacial score (nSPS) is 17.7. The first-order chi connectivity index (χ1) is 6.97. The van der Waals surface area contributed by atoms with Gasteiger partial charge in [-0.15, -0.1) is 0 Å². The Morgan fingerprint density at radius 1 is 1.13 bits per heavy atom. The molecule has 0 saturated carbocycles. The fraction of sp³-hybridized carbons (Fsp3) is 0.400. The molecule has 0 radical (unpaired) electrons. The molecule has 5 heteroatoms. The van der Waals surface area contributed by atoms with E-state index >= 15 is 0 Å². The third-order valence-corrected chi connectivity index (χ3v) is 2.42. The number of rotatable bonds is 1. The second-order valence-electron chi connectivity index (χ2n) is 3.60. The van der Waals surface area contributed by atoms with Gasteiger partial charge in [-0.1, -0.05) is 0 Å². The fourth-order valence-corrected chi connectivity index (χ4v) is 1.53. The smallest absolute Gasteiger partial charge is 0.389 e. The lowest BCUT2D eigenvalue weighted by Gasteiger charge is -2.37. The molecular formula is C10H10F3NO. The van der Waals surface area contributed by atoms with Crippen molar-refractivity contribution in [3.8, 4) is 0 Å². The summed E-state index contributed by atoms with van der Waals surface area (Å²) in [5, 5.41) is 9.04. The number of anilines is 1. The third-order valence-electron chi connectivity index (χ3n) is 2.42. The van der Waals surface area contributed by atoms with Gasteiger partial charge in [-0.25, -0.2) is 0 Å². The maximum atomic E-state index is 12.2. The first-order valence-electron chi connectivity index (χ1n) is 4.57.